The standard InChI is InChI=1S/C11H11ClN4O4S/c1-20-7(10(17)18)4-13-11(19)14-8-5(12)2-3-6-9(8)16-21-15-6/h2-3,7H,4H2,1H3,(H,17,18)(H2,13,14,19). The molecule has 3 N–H and O–H groups in total. The fourth-order valence-electron chi connectivity index (χ4n) is 1.56. The Morgan fingerprint density at radius 2 is 2.24 bits per heavy atom. The Labute approximate surface area is 128 Å². The molecule has 8 nitrogen and oxygen atoms in total. The Bertz CT molecular complexity index is 677. The third-order valence-electron chi connectivity index (χ3n) is 2.62. The van der Waals surface area contributed by atoms with Crippen LogP contribution in [0.3, 0.4) is 0 Å². The summed E-state index contributed by atoms with van der Waals surface area (Å²) in [5, 5.41) is 14.0. The molecule has 1 unspecified atom stereocenters. The molecule has 2 amide bonds. The predicted octanol–water partition coefficient (Wildman–Crippen LogP) is 1.57. The summed E-state index contributed by atoms with van der Waals surface area (Å²) >= 11 is 7.02. The highest BCUT2D eigenvalue weighted by atomic mass is 35.5. The molecule has 0 spiro atoms. The summed E-state index contributed by atoms with van der Waals surface area (Å²) in [5.74, 6) is -1.17. The lowest BCUT2D eigenvalue weighted by atomic mass is 10.2. The van der Waals surface area contributed by atoms with Gasteiger partial charge >= 0.3 is 12.0 Å². The first-order valence-electron chi connectivity index (χ1n) is 5.74. The fourth-order valence-corrected chi connectivity index (χ4v) is 2.30. The van der Waals surface area contributed by atoms with Crippen LogP contribution in [0.5, 0.6) is 0 Å². The number of hydrogen-bond donors (Lipinski definition) is 3. The Kier molecular flexibility index (Phi) is 4.89. The first-order valence-corrected chi connectivity index (χ1v) is 6.85. The highest BCUT2D eigenvalue weighted by molar-refractivity contribution is 7.00. The Hall–Kier alpha value is -1.97. The van der Waals surface area contributed by atoms with Crippen LogP contribution in [0.25, 0.3) is 11.0 Å². The number of carbonyl (C=O) groups excluding carboxylic acids is 1. The van der Waals surface area contributed by atoms with E-state index in [0.717, 1.165) is 11.7 Å². The van der Waals surface area contributed by atoms with Crippen LogP contribution >= 0.6 is 23.3 Å². The van der Waals surface area contributed by atoms with Gasteiger partial charge in [0.1, 0.15) is 11.0 Å². The first kappa shape index (κ1) is 15.4. The van der Waals surface area contributed by atoms with Crippen LogP contribution in [0.2, 0.25) is 5.02 Å². The Morgan fingerprint density at radius 1 is 1.48 bits per heavy atom. The van der Waals surface area contributed by atoms with Gasteiger partial charge in [-0.3, -0.25) is 0 Å². The van der Waals surface area contributed by atoms with Gasteiger partial charge in [0.05, 0.1) is 29.0 Å². The number of urea groups is 1. The number of carboxylic acid groups (broad SMARTS) is 1. The van der Waals surface area contributed by atoms with Gasteiger partial charge in [-0.05, 0) is 12.1 Å². The van der Waals surface area contributed by atoms with Gasteiger partial charge in [0.15, 0.2) is 6.10 Å². The maximum atomic E-state index is 11.8. The topological polar surface area (TPSA) is 113 Å². The molecule has 2 rings (SSSR count). The average Bonchev–Trinajstić information content (AvgIpc) is 2.91. The van der Waals surface area contributed by atoms with Gasteiger partial charge in [-0.2, -0.15) is 8.75 Å². The number of anilines is 1. The van der Waals surface area contributed by atoms with Crippen LogP contribution in [0.1, 0.15) is 0 Å². The summed E-state index contributed by atoms with van der Waals surface area (Å²) in [6.45, 7) is -0.180. The lowest BCUT2D eigenvalue weighted by Crippen LogP contribution is -2.39. The lowest BCUT2D eigenvalue weighted by molar-refractivity contribution is -0.147. The number of nitrogens with zero attached hydrogens (tertiary/aromatic N) is 2. The number of benzene rings is 1. The number of nitrogens with one attached hydrogen (secondary N) is 2. The summed E-state index contributed by atoms with van der Waals surface area (Å²) in [4.78, 5) is 22.6. The number of methoxy groups -OCH3 is 1. The van der Waals surface area contributed by atoms with Crippen molar-refractivity contribution >= 4 is 52.1 Å². The number of carbonyl (C=O) groups is 2. The number of aliphatic carboxylic acids is 1. The molecule has 0 saturated heterocycles. The molecule has 2 aromatic rings. The van der Waals surface area contributed by atoms with Crippen molar-refractivity contribution in [2.24, 2.45) is 0 Å². The van der Waals surface area contributed by atoms with Crippen molar-refractivity contribution in [2.45, 2.75) is 6.10 Å². The second-order valence-electron chi connectivity index (χ2n) is 3.95. The SMILES string of the molecule is COC(CNC(=O)Nc1c(Cl)ccc2nsnc12)C(=O)O. The predicted molar refractivity (Wildman–Crippen MR) is 77.9 cm³/mol. The number of carboxylic acids is 1. The summed E-state index contributed by atoms with van der Waals surface area (Å²) in [7, 11) is 1.25. The minimum Gasteiger partial charge on any atom is -0.479 e. The fraction of sp³-hybridized carbons (Fsp3) is 0.273. The highest BCUT2D eigenvalue weighted by Gasteiger charge is 2.18. The second-order valence-corrected chi connectivity index (χ2v) is 4.89. The molecular weight excluding hydrogens is 320 g/mol. The monoisotopic (exact) mass is 330 g/mol. The van der Waals surface area contributed by atoms with Crippen molar-refractivity contribution in [2.75, 3.05) is 19.0 Å². The van der Waals surface area contributed by atoms with Crippen molar-refractivity contribution in [1.29, 1.82) is 0 Å². The number of aromatic nitrogens is 2. The number of hydrogen-bond acceptors (Lipinski definition) is 6. The number of halogens is 1. The summed E-state index contributed by atoms with van der Waals surface area (Å²) < 4.78 is 12.8. The zero-order chi connectivity index (χ0) is 15.4. The van der Waals surface area contributed by atoms with Gasteiger partial charge in [0.25, 0.3) is 0 Å². The minimum absolute atomic E-state index is 0.180. The minimum atomic E-state index is -1.17. The van der Waals surface area contributed by atoms with Crippen molar-refractivity contribution in [1.82, 2.24) is 14.1 Å². The average molecular weight is 331 g/mol. The van der Waals surface area contributed by atoms with Crippen molar-refractivity contribution in [3.05, 3.63) is 17.2 Å². The van der Waals surface area contributed by atoms with Gasteiger partial charge in [-0.15, -0.1) is 0 Å². The van der Waals surface area contributed by atoms with Gasteiger partial charge in [0, 0.05) is 7.11 Å². The van der Waals surface area contributed by atoms with E-state index in [9.17, 15) is 9.59 Å². The van der Waals surface area contributed by atoms with E-state index in [1.807, 2.05) is 0 Å². The molecule has 1 aromatic carbocycles. The second kappa shape index (κ2) is 6.66. The third kappa shape index (κ3) is 3.57. The van der Waals surface area contributed by atoms with Crippen molar-refractivity contribution < 1.29 is 19.4 Å². The third-order valence-corrected chi connectivity index (χ3v) is 3.48. The van der Waals surface area contributed by atoms with Crippen LogP contribution in [0.4, 0.5) is 10.5 Å². The number of rotatable bonds is 5. The van der Waals surface area contributed by atoms with Crippen LogP contribution in [0, 0.1) is 0 Å². The molecule has 1 aromatic heterocycles. The summed E-state index contributed by atoms with van der Waals surface area (Å²) in [6, 6.07) is 2.67. The van der Waals surface area contributed by atoms with Crippen molar-refractivity contribution in [3.8, 4) is 0 Å². The van der Waals surface area contributed by atoms with E-state index in [-0.39, 0.29) is 6.54 Å². The van der Waals surface area contributed by atoms with Crippen LogP contribution in [-0.4, -0.2) is 45.6 Å². The smallest absolute Gasteiger partial charge is 0.334 e. The van der Waals surface area contributed by atoms with E-state index in [2.05, 4.69) is 19.4 Å². The van der Waals surface area contributed by atoms with Crippen LogP contribution in [0.15, 0.2) is 12.1 Å². The van der Waals surface area contributed by atoms with Crippen LogP contribution in [-0.2, 0) is 9.53 Å². The van der Waals surface area contributed by atoms with E-state index < -0.39 is 18.1 Å². The van der Waals surface area contributed by atoms with E-state index in [1.165, 1.54) is 7.11 Å². The van der Waals surface area contributed by atoms with Crippen LogP contribution < -0.4 is 10.6 Å². The normalized spacial score (nSPS) is 12.1. The zero-order valence-corrected chi connectivity index (χ0v) is 12.4. The van der Waals surface area contributed by atoms with Gasteiger partial charge in [-0.1, -0.05) is 11.6 Å². The Balaban J connectivity index is 2.06. The van der Waals surface area contributed by atoms with E-state index in [4.69, 9.17) is 21.4 Å². The quantitative estimate of drug-likeness (QED) is 0.766. The first-order chi connectivity index (χ1) is 10.0. The molecular formula is C11H11ClN4O4S. The summed E-state index contributed by atoms with van der Waals surface area (Å²) in [6.07, 6.45) is -1.12. The molecule has 112 valence electrons. The summed E-state index contributed by atoms with van der Waals surface area (Å²) in [5.41, 5.74) is 1.41. The van der Waals surface area contributed by atoms with E-state index >= 15 is 0 Å². The largest absolute Gasteiger partial charge is 0.479 e. The number of amides is 2. The van der Waals surface area contributed by atoms with Gasteiger partial charge < -0.3 is 20.5 Å². The molecule has 0 aliphatic heterocycles. The molecule has 0 aliphatic carbocycles. The molecule has 0 radical (unpaired) electrons. The van der Waals surface area contributed by atoms with E-state index in [1.54, 1.807) is 12.1 Å². The molecule has 0 bridgehead atoms. The maximum absolute atomic E-state index is 11.8. The van der Waals surface area contributed by atoms with E-state index in [0.29, 0.717) is 21.7 Å². The Morgan fingerprint density at radius 3 is 2.90 bits per heavy atom. The number of fused-ring (bicyclic) bond motifs is 1. The van der Waals surface area contributed by atoms with Gasteiger partial charge in [0.2, 0.25) is 0 Å². The molecule has 21 heavy (non-hydrogen) atoms. The zero-order valence-electron chi connectivity index (χ0n) is 10.8. The molecule has 10 heteroatoms. The van der Waals surface area contributed by atoms with Crippen molar-refractivity contribution in [3.63, 3.8) is 0 Å². The highest BCUT2D eigenvalue weighted by Crippen LogP contribution is 2.29. The molecule has 0 saturated carbocycles. The molecule has 0 fully saturated rings. The molecule has 1 atom stereocenters. The van der Waals surface area contributed by atoms with Gasteiger partial charge in [-0.25, -0.2) is 9.59 Å². The maximum Gasteiger partial charge on any atom is 0.334 e. The number of ether oxygens (including phenoxy) is 1. The molecule has 1 heterocycles. The molecule has 0 aliphatic rings. The lowest BCUT2D eigenvalue weighted by Gasteiger charge is -2.13.